The number of urea groups is 1. The molecular weight excluding hydrogens is 234 g/mol. The van der Waals surface area contributed by atoms with E-state index in [1.807, 2.05) is 0 Å². The summed E-state index contributed by atoms with van der Waals surface area (Å²) in [6.45, 7) is 2.05. The number of amides is 2. The Hall–Kier alpha value is -2.24. The fourth-order valence-corrected chi connectivity index (χ4v) is 1.41. The van der Waals surface area contributed by atoms with Crippen LogP contribution in [0, 0.1) is 5.92 Å². The Labute approximate surface area is 105 Å². The second-order valence-corrected chi connectivity index (χ2v) is 4.13. The van der Waals surface area contributed by atoms with Gasteiger partial charge in [0.25, 0.3) is 0 Å². The van der Waals surface area contributed by atoms with Gasteiger partial charge < -0.3 is 21.5 Å². The number of nitrogens with two attached hydrogens (primary N) is 1. The van der Waals surface area contributed by atoms with Gasteiger partial charge in [-0.05, 0) is 18.1 Å². The topological polar surface area (TPSA) is 104 Å². The maximum atomic E-state index is 11.5. The number of hydrogen-bond donors (Lipinski definition) is 4. The van der Waals surface area contributed by atoms with Gasteiger partial charge in [0.2, 0.25) is 0 Å². The van der Waals surface area contributed by atoms with Crippen molar-refractivity contribution in [3.05, 3.63) is 24.3 Å². The molecule has 0 aliphatic carbocycles. The molecule has 1 atom stereocenters. The summed E-state index contributed by atoms with van der Waals surface area (Å²) in [6.07, 6.45) is 0.0216. The van der Waals surface area contributed by atoms with Gasteiger partial charge >= 0.3 is 12.0 Å². The maximum Gasteiger partial charge on any atom is 0.319 e. The molecule has 1 rings (SSSR count). The van der Waals surface area contributed by atoms with E-state index in [0.29, 0.717) is 17.9 Å². The van der Waals surface area contributed by atoms with Crippen LogP contribution in [0.3, 0.4) is 0 Å². The highest BCUT2D eigenvalue weighted by Crippen LogP contribution is 2.16. The number of carbonyl (C=O) groups is 2. The molecule has 0 aliphatic rings. The van der Waals surface area contributed by atoms with Crippen molar-refractivity contribution in [3.8, 4) is 0 Å². The Morgan fingerprint density at radius 1 is 1.39 bits per heavy atom. The summed E-state index contributed by atoms with van der Waals surface area (Å²) < 4.78 is 0. The zero-order chi connectivity index (χ0) is 13.5. The predicted molar refractivity (Wildman–Crippen MR) is 69.3 cm³/mol. The summed E-state index contributed by atoms with van der Waals surface area (Å²) in [5.41, 5.74) is 6.68. The van der Waals surface area contributed by atoms with Gasteiger partial charge in [-0.25, -0.2) is 4.79 Å². The van der Waals surface area contributed by atoms with Crippen molar-refractivity contribution < 1.29 is 14.7 Å². The first kappa shape index (κ1) is 13.8. The van der Waals surface area contributed by atoms with Crippen molar-refractivity contribution in [3.63, 3.8) is 0 Å². The second-order valence-electron chi connectivity index (χ2n) is 4.13. The molecule has 2 amide bonds. The third-order valence-corrected chi connectivity index (χ3v) is 2.34. The Bertz CT molecular complexity index is 434. The molecule has 0 bridgehead atoms. The zero-order valence-corrected chi connectivity index (χ0v) is 10.1. The van der Waals surface area contributed by atoms with Gasteiger partial charge in [-0.1, -0.05) is 19.1 Å². The van der Waals surface area contributed by atoms with E-state index in [1.165, 1.54) is 0 Å². The van der Waals surface area contributed by atoms with Gasteiger partial charge in [0.05, 0.1) is 11.4 Å². The third-order valence-electron chi connectivity index (χ3n) is 2.34. The number of hydrogen-bond acceptors (Lipinski definition) is 3. The van der Waals surface area contributed by atoms with Crippen LogP contribution in [-0.2, 0) is 4.79 Å². The number of carboxylic acids is 1. The fraction of sp³-hybridized carbons (Fsp3) is 0.333. The number of para-hydroxylation sites is 2. The average molecular weight is 251 g/mol. The molecule has 0 spiro atoms. The summed E-state index contributed by atoms with van der Waals surface area (Å²) in [6, 6.07) is 6.51. The predicted octanol–water partition coefficient (Wildman–Crippen LogP) is 1.50. The minimum absolute atomic E-state index is 0.0216. The van der Waals surface area contributed by atoms with Crippen molar-refractivity contribution in [1.82, 2.24) is 5.32 Å². The smallest absolute Gasteiger partial charge is 0.319 e. The molecule has 0 aliphatic heterocycles. The summed E-state index contributed by atoms with van der Waals surface area (Å²) in [5.74, 6) is -1.00. The van der Waals surface area contributed by atoms with Crippen LogP contribution in [0.4, 0.5) is 16.2 Å². The molecule has 98 valence electrons. The molecule has 6 heteroatoms. The molecule has 0 saturated carbocycles. The molecule has 18 heavy (non-hydrogen) atoms. The van der Waals surface area contributed by atoms with E-state index < -0.39 is 12.0 Å². The van der Waals surface area contributed by atoms with E-state index >= 15 is 0 Å². The van der Waals surface area contributed by atoms with Crippen molar-refractivity contribution in [2.75, 3.05) is 17.6 Å². The summed E-state index contributed by atoms with van der Waals surface area (Å²) in [4.78, 5) is 22.0. The quantitative estimate of drug-likeness (QED) is 0.595. The molecule has 0 heterocycles. The molecule has 0 radical (unpaired) electrons. The van der Waals surface area contributed by atoms with E-state index in [1.54, 1.807) is 31.2 Å². The SMILES string of the molecule is CC(CNC(=O)Nc1ccccc1N)CC(=O)O. The van der Waals surface area contributed by atoms with Crippen LogP contribution in [0.15, 0.2) is 24.3 Å². The molecule has 0 aromatic heterocycles. The maximum absolute atomic E-state index is 11.5. The molecular formula is C12H17N3O3. The molecule has 1 aromatic rings. The number of rotatable bonds is 5. The summed E-state index contributed by atoms with van der Waals surface area (Å²) in [7, 11) is 0. The van der Waals surface area contributed by atoms with Gasteiger partial charge in [-0.3, -0.25) is 4.79 Å². The van der Waals surface area contributed by atoms with E-state index in [0.717, 1.165) is 0 Å². The Balaban J connectivity index is 2.39. The molecule has 1 aromatic carbocycles. The first-order valence-corrected chi connectivity index (χ1v) is 5.60. The van der Waals surface area contributed by atoms with Crippen molar-refractivity contribution >= 4 is 23.4 Å². The number of anilines is 2. The molecule has 1 unspecified atom stereocenters. The number of nitrogens with one attached hydrogen (secondary N) is 2. The van der Waals surface area contributed by atoms with Crippen LogP contribution < -0.4 is 16.4 Å². The van der Waals surface area contributed by atoms with Gasteiger partial charge in [0.15, 0.2) is 0 Å². The van der Waals surface area contributed by atoms with Crippen LogP contribution in [-0.4, -0.2) is 23.7 Å². The highest BCUT2D eigenvalue weighted by atomic mass is 16.4. The first-order chi connectivity index (χ1) is 8.49. The van der Waals surface area contributed by atoms with Gasteiger partial charge in [-0.15, -0.1) is 0 Å². The second kappa shape index (κ2) is 6.48. The van der Waals surface area contributed by atoms with E-state index in [4.69, 9.17) is 10.8 Å². The van der Waals surface area contributed by atoms with Gasteiger partial charge in [0, 0.05) is 13.0 Å². The standard InChI is InChI=1S/C12H17N3O3/c1-8(6-11(16)17)7-14-12(18)15-10-5-3-2-4-9(10)13/h2-5,8H,6-7,13H2,1H3,(H,16,17)(H2,14,15,18). The molecule has 0 saturated heterocycles. The van der Waals surface area contributed by atoms with Gasteiger partial charge in [0.1, 0.15) is 0 Å². The summed E-state index contributed by atoms with van der Waals surface area (Å²) in [5, 5.41) is 13.8. The fourth-order valence-electron chi connectivity index (χ4n) is 1.41. The monoisotopic (exact) mass is 251 g/mol. The number of carbonyl (C=O) groups excluding carboxylic acids is 1. The molecule has 0 fully saturated rings. The lowest BCUT2D eigenvalue weighted by atomic mass is 10.1. The highest BCUT2D eigenvalue weighted by molar-refractivity contribution is 5.92. The largest absolute Gasteiger partial charge is 0.481 e. The number of nitrogen functional groups attached to an aromatic ring is 1. The average Bonchev–Trinajstić information content (AvgIpc) is 2.29. The van der Waals surface area contributed by atoms with Crippen LogP contribution in [0.5, 0.6) is 0 Å². The third kappa shape index (κ3) is 4.73. The lowest BCUT2D eigenvalue weighted by Crippen LogP contribution is -2.33. The Kier molecular flexibility index (Phi) is 4.98. The molecule has 6 nitrogen and oxygen atoms in total. The van der Waals surface area contributed by atoms with Crippen LogP contribution in [0.2, 0.25) is 0 Å². The number of aliphatic carboxylic acids is 1. The normalized spacial score (nSPS) is 11.6. The minimum Gasteiger partial charge on any atom is -0.481 e. The van der Waals surface area contributed by atoms with Crippen LogP contribution in [0.1, 0.15) is 13.3 Å². The van der Waals surface area contributed by atoms with Crippen molar-refractivity contribution in [2.24, 2.45) is 5.92 Å². The van der Waals surface area contributed by atoms with Crippen LogP contribution >= 0.6 is 0 Å². The highest BCUT2D eigenvalue weighted by Gasteiger charge is 2.09. The zero-order valence-electron chi connectivity index (χ0n) is 10.1. The summed E-state index contributed by atoms with van der Waals surface area (Å²) >= 11 is 0. The van der Waals surface area contributed by atoms with E-state index in [9.17, 15) is 9.59 Å². The lowest BCUT2D eigenvalue weighted by Gasteiger charge is -2.12. The Morgan fingerprint density at radius 3 is 2.67 bits per heavy atom. The lowest BCUT2D eigenvalue weighted by molar-refractivity contribution is -0.137. The van der Waals surface area contributed by atoms with Crippen molar-refractivity contribution in [1.29, 1.82) is 0 Å². The van der Waals surface area contributed by atoms with E-state index in [2.05, 4.69) is 10.6 Å². The van der Waals surface area contributed by atoms with Crippen LogP contribution in [0.25, 0.3) is 0 Å². The number of benzene rings is 1. The first-order valence-electron chi connectivity index (χ1n) is 5.60. The minimum atomic E-state index is -0.878. The number of carboxylic acid groups (broad SMARTS) is 1. The van der Waals surface area contributed by atoms with Gasteiger partial charge in [-0.2, -0.15) is 0 Å². The van der Waals surface area contributed by atoms with Crippen molar-refractivity contribution in [2.45, 2.75) is 13.3 Å². The Morgan fingerprint density at radius 2 is 2.06 bits per heavy atom. The van der Waals surface area contributed by atoms with E-state index in [-0.39, 0.29) is 12.3 Å². The molecule has 5 N–H and O–H groups in total.